The third-order valence-electron chi connectivity index (χ3n) is 4.59. The minimum Gasteiger partial charge on any atom is -0.480 e. The third-order valence-corrected chi connectivity index (χ3v) is 4.59. The van der Waals surface area contributed by atoms with Crippen LogP contribution in [0.1, 0.15) is 103 Å². The molecule has 0 aliphatic heterocycles. The second kappa shape index (κ2) is 17.7. The Morgan fingerprint density at radius 3 is 1.76 bits per heavy atom. The van der Waals surface area contributed by atoms with E-state index in [-0.39, 0.29) is 5.91 Å². The largest absolute Gasteiger partial charge is 0.480 e. The van der Waals surface area contributed by atoms with E-state index >= 15 is 0 Å². The fourth-order valence-corrected chi connectivity index (χ4v) is 2.97. The molecular formula is C20H40N2O3. The highest BCUT2D eigenvalue weighted by atomic mass is 16.4. The fourth-order valence-electron chi connectivity index (χ4n) is 2.97. The first-order valence-electron chi connectivity index (χ1n) is 10.3. The fraction of sp³-hybridized carbons (Fsp3) is 0.900. The number of nitrogens with one attached hydrogen (secondary N) is 1. The number of rotatable bonds is 18. The van der Waals surface area contributed by atoms with E-state index in [1.165, 1.54) is 64.2 Å². The summed E-state index contributed by atoms with van der Waals surface area (Å²) in [6.45, 7) is 2.69. The Labute approximate surface area is 154 Å². The Morgan fingerprint density at radius 1 is 0.840 bits per heavy atom. The molecule has 5 heteroatoms. The van der Waals surface area contributed by atoms with Gasteiger partial charge in [-0.3, -0.25) is 4.79 Å². The van der Waals surface area contributed by atoms with Gasteiger partial charge in [0, 0.05) is 6.42 Å². The molecule has 4 N–H and O–H groups in total. The molecule has 0 saturated heterocycles. The average Bonchev–Trinajstić information content (AvgIpc) is 2.59. The van der Waals surface area contributed by atoms with E-state index in [1.54, 1.807) is 0 Å². The molecule has 0 rings (SSSR count). The van der Waals surface area contributed by atoms with Crippen LogP contribution in [0.2, 0.25) is 0 Å². The highest BCUT2D eigenvalue weighted by Crippen LogP contribution is 2.12. The Kier molecular flexibility index (Phi) is 16.9. The number of carbonyl (C=O) groups excluding carboxylic acids is 1. The van der Waals surface area contributed by atoms with Crippen molar-refractivity contribution >= 4 is 11.9 Å². The van der Waals surface area contributed by atoms with Crippen molar-refractivity contribution in [3.05, 3.63) is 0 Å². The van der Waals surface area contributed by atoms with E-state index in [2.05, 4.69) is 12.2 Å². The monoisotopic (exact) mass is 356 g/mol. The Morgan fingerprint density at radius 2 is 1.32 bits per heavy atom. The van der Waals surface area contributed by atoms with Gasteiger partial charge in [-0.05, 0) is 25.8 Å². The van der Waals surface area contributed by atoms with Crippen molar-refractivity contribution < 1.29 is 14.7 Å². The number of amides is 1. The van der Waals surface area contributed by atoms with Crippen molar-refractivity contribution in [1.82, 2.24) is 5.32 Å². The molecule has 0 heterocycles. The van der Waals surface area contributed by atoms with Gasteiger partial charge in [0.05, 0.1) is 0 Å². The lowest BCUT2D eigenvalue weighted by Gasteiger charge is -2.13. The quantitative estimate of drug-likeness (QED) is 0.318. The molecule has 0 bridgehead atoms. The van der Waals surface area contributed by atoms with Crippen LogP contribution in [0.3, 0.4) is 0 Å². The summed E-state index contributed by atoms with van der Waals surface area (Å²) in [5, 5.41) is 11.7. The molecule has 0 aromatic rings. The lowest BCUT2D eigenvalue weighted by atomic mass is 10.0. The Hall–Kier alpha value is -1.10. The van der Waals surface area contributed by atoms with Gasteiger partial charge in [0.1, 0.15) is 6.04 Å². The maximum absolute atomic E-state index is 11.8. The van der Waals surface area contributed by atoms with Gasteiger partial charge in [0.2, 0.25) is 5.91 Å². The number of aliphatic carboxylic acids is 1. The molecule has 0 unspecified atom stereocenters. The van der Waals surface area contributed by atoms with Crippen LogP contribution in [-0.2, 0) is 9.59 Å². The van der Waals surface area contributed by atoms with E-state index in [4.69, 9.17) is 10.8 Å². The zero-order valence-electron chi connectivity index (χ0n) is 16.2. The smallest absolute Gasteiger partial charge is 0.326 e. The zero-order valence-corrected chi connectivity index (χ0v) is 16.2. The molecule has 0 saturated carbocycles. The maximum atomic E-state index is 11.8. The summed E-state index contributed by atoms with van der Waals surface area (Å²) in [6.07, 6.45) is 16.5. The molecule has 1 amide bonds. The van der Waals surface area contributed by atoms with E-state index in [0.29, 0.717) is 25.8 Å². The summed E-state index contributed by atoms with van der Waals surface area (Å²) >= 11 is 0. The Bertz CT molecular complexity index is 335. The lowest BCUT2D eigenvalue weighted by Crippen LogP contribution is -2.40. The van der Waals surface area contributed by atoms with Crippen molar-refractivity contribution in [2.75, 3.05) is 6.54 Å². The van der Waals surface area contributed by atoms with Gasteiger partial charge in [0.15, 0.2) is 0 Å². The second-order valence-corrected chi connectivity index (χ2v) is 7.03. The highest BCUT2D eigenvalue weighted by molar-refractivity contribution is 5.83. The topological polar surface area (TPSA) is 92.4 Å². The predicted octanol–water partition coefficient (Wildman–Crippen LogP) is 4.39. The number of nitrogens with two attached hydrogens (primary N) is 1. The first-order valence-corrected chi connectivity index (χ1v) is 10.3. The number of carbonyl (C=O) groups is 2. The summed E-state index contributed by atoms with van der Waals surface area (Å²) < 4.78 is 0. The number of carboxylic acids is 1. The van der Waals surface area contributed by atoms with E-state index < -0.39 is 12.0 Å². The first kappa shape index (κ1) is 23.9. The molecule has 0 spiro atoms. The molecule has 0 radical (unpaired) electrons. The molecule has 0 aromatic heterocycles. The number of hydrogen-bond donors (Lipinski definition) is 3. The van der Waals surface area contributed by atoms with Crippen LogP contribution in [0.25, 0.3) is 0 Å². The first-order chi connectivity index (χ1) is 12.1. The predicted molar refractivity (Wildman–Crippen MR) is 104 cm³/mol. The molecular weight excluding hydrogens is 316 g/mol. The van der Waals surface area contributed by atoms with Crippen LogP contribution in [0.15, 0.2) is 0 Å². The number of hydrogen-bond acceptors (Lipinski definition) is 3. The number of carboxylic acid groups (broad SMARTS) is 1. The average molecular weight is 357 g/mol. The van der Waals surface area contributed by atoms with Crippen molar-refractivity contribution in [1.29, 1.82) is 0 Å². The van der Waals surface area contributed by atoms with Crippen LogP contribution in [0.4, 0.5) is 0 Å². The number of unbranched alkanes of at least 4 members (excludes halogenated alkanes) is 11. The minimum atomic E-state index is -0.975. The third kappa shape index (κ3) is 16.1. The van der Waals surface area contributed by atoms with Crippen LogP contribution < -0.4 is 11.1 Å². The van der Waals surface area contributed by atoms with Crippen LogP contribution in [0.5, 0.6) is 0 Å². The van der Waals surface area contributed by atoms with Gasteiger partial charge >= 0.3 is 5.97 Å². The summed E-state index contributed by atoms with van der Waals surface area (Å²) in [6, 6.07) is -0.798. The van der Waals surface area contributed by atoms with Crippen molar-refractivity contribution in [2.24, 2.45) is 5.73 Å². The summed E-state index contributed by atoms with van der Waals surface area (Å²) in [5.74, 6) is -1.13. The minimum absolute atomic E-state index is 0.156. The van der Waals surface area contributed by atoms with Gasteiger partial charge in [-0.2, -0.15) is 0 Å². The van der Waals surface area contributed by atoms with Gasteiger partial charge in [-0.25, -0.2) is 4.79 Å². The van der Waals surface area contributed by atoms with Gasteiger partial charge < -0.3 is 16.2 Å². The van der Waals surface area contributed by atoms with Gasteiger partial charge in [0.25, 0.3) is 0 Å². The SMILES string of the molecule is CCCCCCCCCCCCCCC(=O)N[C@@H](CCCN)C(=O)O. The molecule has 0 fully saturated rings. The summed E-state index contributed by atoms with van der Waals surface area (Å²) in [7, 11) is 0. The molecule has 0 aliphatic rings. The van der Waals surface area contributed by atoms with E-state index in [1.807, 2.05) is 0 Å². The zero-order chi connectivity index (χ0) is 18.8. The summed E-state index contributed by atoms with van der Waals surface area (Å²) in [4.78, 5) is 22.9. The summed E-state index contributed by atoms with van der Waals surface area (Å²) in [5.41, 5.74) is 5.39. The van der Waals surface area contributed by atoms with E-state index in [9.17, 15) is 9.59 Å². The van der Waals surface area contributed by atoms with Crippen molar-refractivity contribution in [3.8, 4) is 0 Å². The molecule has 0 aromatic carbocycles. The van der Waals surface area contributed by atoms with Gasteiger partial charge in [-0.15, -0.1) is 0 Å². The molecule has 25 heavy (non-hydrogen) atoms. The second-order valence-electron chi connectivity index (χ2n) is 7.03. The van der Waals surface area contributed by atoms with Crippen molar-refractivity contribution in [3.63, 3.8) is 0 Å². The molecule has 1 atom stereocenters. The Balaban J connectivity index is 3.46. The van der Waals surface area contributed by atoms with Crippen molar-refractivity contribution in [2.45, 2.75) is 109 Å². The standard InChI is InChI=1S/C20H40N2O3/c1-2-3-4-5-6-7-8-9-10-11-12-13-16-19(23)22-18(20(24)25)15-14-17-21/h18H,2-17,21H2,1H3,(H,22,23)(H,24,25)/t18-/m0/s1. The molecule has 148 valence electrons. The van der Waals surface area contributed by atoms with Crippen LogP contribution in [0, 0.1) is 0 Å². The molecule has 5 nitrogen and oxygen atoms in total. The maximum Gasteiger partial charge on any atom is 0.326 e. The van der Waals surface area contributed by atoms with Crippen LogP contribution >= 0.6 is 0 Å². The van der Waals surface area contributed by atoms with E-state index in [0.717, 1.165) is 12.8 Å². The lowest BCUT2D eigenvalue weighted by molar-refractivity contribution is -0.142. The normalized spacial score (nSPS) is 12.1. The van der Waals surface area contributed by atoms with Crippen LogP contribution in [-0.4, -0.2) is 29.6 Å². The highest BCUT2D eigenvalue weighted by Gasteiger charge is 2.18. The molecule has 0 aliphatic carbocycles. The van der Waals surface area contributed by atoms with Gasteiger partial charge in [-0.1, -0.05) is 77.6 Å².